The third-order valence-electron chi connectivity index (χ3n) is 5.12. The standard InChI is InChI=1S/C23H23N5O5S2/c1-32-18-7-5-6-16(12-18)13-20(23(29)33-2)28-15-17(26-27-28)14-25-35(30,31)22-10-9-21(34-22)19-8-3-4-11-24-19/h3-12,15,20,25H,13-14H2,1-2H3/t20-/m0/s1. The van der Waals surface area contributed by atoms with E-state index >= 15 is 0 Å². The molecule has 0 aliphatic carbocycles. The van der Waals surface area contributed by atoms with Gasteiger partial charge in [-0.3, -0.25) is 4.98 Å². The van der Waals surface area contributed by atoms with Gasteiger partial charge in [0.2, 0.25) is 10.0 Å². The maximum absolute atomic E-state index is 12.8. The van der Waals surface area contributed by atoms with Gasteiger partial charge in [0.1, 0.15) is 9.96 Å². The zero-order chi connectivity index (χ0) is 24.8. The van der Waals surface area contributed by atoms with Gasteiger partial charge in [-0.1, -0.05) is 23.4 Å². The van der Waals surface area contributed by atoms with Crippen LogP contribution in [0.3, 0.4) is 0 Å². The lowest BCUT2D eigenvalue weighted by Gasteiger charge is -2.15. The van der Waals surface area contributed by atoms with Crippen molar-refractivity contribution in [2.75, 3.05) is 14.2 Å². The summed E-state index contributed by atoms with van der Waals surface area (Å²) in [6, 6.07) is 15.3. The molecule has 4 aromatic rings. The van der Waals surface area contributed by atoms with Crippen LogP contribution >= 0.6 is 11.3 Å². The average molecular weight is 514 g/mol. The van der Waals surface area contributed by atoms with E-state index in [0.717, 1.165) is 21.8 Å². The second-order valence-corrected chi connectivity index (χ2v) is 10.5. The Morgan fingerprint density at radius 1 is 1.14 bits per heavy atom. The van der Waals surface area contributed by atoms with Crippen molar-refractivity contribution in [1.29, 1.82) is 0 Å². The number of pyridine rings is 1. The number of sulfonamides is 1. The molecule has 0 aliphatic heterocycles. The number of carbonyl (C=O) groups excluding carboxylic acids is 1. The molecule has 1 N–H and O–H groups in total. The predicted molar refractivity (Wildman–Crippen MR) is 129 cm³/mol. The van der Waals surface area contributed by atoms with Gasteiger partial charge < -0.3 is 9.47 Å². The van der Waals surface area contributed by atoms with Gasteiger partial charge in [-0.15, -0.1) is 16.4 Å². The Hall–Kier alpha value is -3.61. The molecular formula is C23H23N5O5S2. The molecule has 182 valence electrons. The normalized spacial score (nSPS) is 12.3. The van der Waals surface area contributed by atoms with Gasteiger partial charge in [0.05, 0.1) is 43.2 Å². The van der Waals surface area contributed by atoms with Crippen molar-refractivity contribution in [3.63, 3.8) is 0 Å². The SMILES string of the molecule is COC(=O)[C@H](Cc1cccc(OC)c1)n1cc(CNS(=O)(=O)c2ccc(-c3ccccn3)s2)nn1. The maximum Gasteiger partial charge on any atom is 0.331 e. The summed E-state index contributed by atoms with van der Waals surface area (Å²) in [5, 5.41) is 8.06. The molecule has 0 unspecified atom stereocenters. The molecule has 12 heteroatoms. The number of carbonyl (C=O) groups is 1. The minimum Gasteiger partial charge on any atom is -0.497 e. The van der Waals surface area contributed by atoms with Crippen LogP contribution in [-0.2, 0) is 32.5 Å². The van der Waals surface area contributed by atoms with Gasteiger partial charge in [-0.25, -0.2) is 22.6 Å². The second kappa shape index (κ2) is 10.8. The Morgan fingerprint density at radius 3 is 2.74 bits per heavy atom. The molecule has 3 aromatic heterocycles. The quantitative estimate of drug-likeness (QED) is 0.321. The topological polar surface area (TPSA) is 125 Å². The van der Waals surface area contributed by atoms with E-state index in [-0.39, 0.29) is 10.8 Å². The number of benzene rings is 1. The Labute approximate surface area is 206 Å². The average Bonchev–Trinajstić information content (AvgIpc) is 3.57. The van der Waals surface area contributed by atoms with Gasteiger partial charge in [0.25, 0.3) is 0 Å². The molecule has 0 radical (unpaired) electrons. The van der Waals surface area contributed by atoms with E-state index < -0.39 is 22.0 Å². The number of rotatable bonds is 10. The van der Waals surface area contributed by atoms with Crippen LogP contribution in [0.5, 0.6) is 5.75 Å². The molecular weight excluding hydrogens is 490 g/mol. The molecule has 4 rings (SSSR count). The number of methoxy groups -OCH3 is 2. The summed E-state index contributed by atoms with van der Waals surface area (Å²) in [5.41, 5.74) is 1.90. The van der Waals surface area contributed by atoms with E-state index in [9.17, 15) is 13.2 Å². The van der Waals surface area contributed by atoms with Crippen molar-refractivity contribution in [2.24, 2.45) is 0 Å². The summed E-state index contributed by atoms with van der Waals surface area (Å²) >= 11 is 1.12. The van der Waals surface area contributed by atoms with Gasteiger partial charge in [-0.2, -0.15) is 0 Å². The number of aromatic nitrogens is 4. The molecule has 0 saturated carbocycles. The first-order valence-electron chi connectivity index (χ1n) is 10.5. The molecule has 3 heterocycles. The fourth-order valence-electron chi connectivity index (χ4n) is 3.34. The minimum absolute atomic E-state index is 0.0911. The largest absolute Gasteiger partial charge is 0.497 e. The van der Waals surface area contributed by atoms with Crippen LogP contribution in [0.2, 0.25) is 0 Å². The Bertz CT molecular complexity index is 1400. The zero-order valence-corrected chi connectivity index (χ0v) is 20.6. The molecule has 0 spiro atoms. The molecule has 0 fully saturated rings. The van der Waals surface area contributed by atoms with Crippen LogP contribution < -0.4 is 9.46 Å². The predicted octanol–water partition coefficient (Wildman–Crippen LogP) is 2.85. The van der Waals surface area contributed by atoms with Crippen LogP contribution in [0, 0.1) is 0 Å². The smallest absolute Gasteiger partial charge is 0.331 e. The van der Waals surface area contributed by atoms with E-state index in [1.165, 1.54) is 24.1 Å². The molecule has 0 saturated heterocycles. The van der Waals surface area contributed by atoms with Crippen LogP contribution in [0.1, 0.15) is 17.3 Å². The first kappa shape index (κ1) is 24.5. The highest BCUT2D eigenvalue weighted by atomic mass is 32.2. The monoisotopic (exact) mass is 513 g/mol. The molecule has 0 amide bonds. The number of esters is 1. The van der Waals surface area contributed by atoms with Crippen molar-refractivity contribution >= 4 is 27.3 Å². The summed E-state index contributed by atoms with van der Waals surface area (Å²) in [4.78, 5) is 17.4. The Kier molecular flexibility index (Phi) is 7.54. The van der Waals surface area contributed by atoms with E-state index in [1.807, 2.05) is 36.4 Å². The summed E-state index contributed by atoms with van der Waals surface area (Å²) < 4.78 is 39.8. The van der Waals surface area contributed by atoms with Gasteiger partial charge in [0, 0.05) is 12.6 Å². The number of hydrogen-bond acceptors (Lipinski definition) is 9. The van der Waals surface area contributed by atoms with Crippen LogP contribution in [0.25, 0.3) is 10.6 Å². The molecule has 1 atom stereocenters. The van der Waals surface area contributed by atoms with Crippen molar-refractivity contribution in [2.45, 2.75) is 23.2 Å². The third-order valence-corrected chi connectivity index (χ3v) is 8.12. The number of thiophene rings is 1. The lowest BCUT2D eigenvalue weighted by Crippen LogP contribution is -2.24. The first-order chi connectivity index (χ1) is 16.9. The summed E-state index contributed by atoms with van der Waals surface area (Å²) in [6.45, 7) is -0.0911. The lowest BCUT2D eigenvalue weighted by molar-refractivity contribution is -0.144. The van der Waals surface area contributed by atoms with E-state index in [1.54, 1.807) is 25.4 Å². The van der Waals surface area contributed by atoms with Gasteiger partial charge >= 0.3 is 5.97 Å². The van der Waals surface area contributed by atoms with E-state index in [2.05, 4.69) is 20.0 Å². The fourth-order valence-corrected chi connectivity index (χ4v) is 5.67. The summed E-state index contributed by atoms with van der Waals surface area (Å²) in [7, 11) is -0.910. The highest BCUT2D eigenvalue weighted by Crippen LogP contribution is 2.29. The van der Waals surface area contributed by atoms with Crippen molar-refractivity contribution < 1.29 is 22.7 Å². The lowest BCUT2D eigenvalue weighted by atomic mass is 10.1. The van der Waals surface area contributed by atoms with Gasteiger partial charge in [0.15, 0.2) is 6.04 Å². The van der Waals surface area contributed by atoms with Gasteiger partial charge in [-0.05, 0) is 42.0 Å². The number of nitrogens with zero attached hydrogens (tertiary/aromatic N) is 4. The number of ether oxygens (including phenoxy) is 2. The van der Waals surface area contributed by atoms with E-state index in [4.69, 9.17) is 9.47 Å². The molecule has 10 nitrogen and oxygen atoms in total. The second-order valence-electron chi connectivity index (χ2n) is 7.44. The molecule has 0 aliphatic rings. The van der Waals surface area contributed by atoms with Crippen molar-refractivity contribution in [1.82, 2.24) is 24.7 Å². The fraction of sp³-hybridized carbons (Fsp3) is 0.217. The van der Waals surface area contributed by atoms with Crippen molar-refractivity contribution in [3.8, 4) is 16.3 Å². The van der Waals surface area contributed by atoms with Crippen LogP contribution in [0.4, 0.5) is 0 Å². The van der Waals surface area contributed by atoms with E-state index in [0.29, 0.717) is 23.6 Å². The zero-order valence-electron chi connectivity index (χ0n) is 19.0. The maximum atomic E-state index is 12.8. The Balaban J connectivity index is 1.46. The molecule has 35 heavy (non-hydrogen) atoms. The first-order valence-corrected chi connectivity index (χ1v) is 12.8. The summed E-state index contributed by atoms with van der Waals surface area (Å²) in [6.07, 6.45) is 3.47. The molecule has 0 bridgehead atoms. The third kappa shape index (κ3) is 5.91. The highest BCUT2D eigenvalue weighted by molar-refractivity contribution is 7.91. The minimum atomic E-state index is -3.78. The van der Waals surface area contributed by atoms with Crippen LogP contribution in [0.15, 0.2) is 71.2 Å². The Morgan fingerprint density at radius 2 is 2.00 bits per heavy atom. The molecule has 1 aromatic carbocycles. The number of hydrogen-bond donors (Lipinski definition) is 1. The van der Waals surface area contributed by atoms with Crippen LogP contribution in [-0.4, -0.2) is 48.6 Å². The number of nitrogens with one attached hydrogen (secondary N) is 1. The summed E-state index contributed by atoms with van der Waals surface area (Å²) in [5.74, 6) is 0.171. The highest BCUT2D eigenvalue weighted by Gasteiger charge is 2.24. The van der Waals surface area contributed by atoms with Crippen molar-refractivity contribution in [3.05, 3.63) is 78.2 Å².